The number of carbonyl (C=O) groups excluding carboxylic acids is 1. The molecule has 1 aromatic heterocycles. The Morgan fingerprint density at radius 3 is 2.79 bits per heavy atom. The standard InChI is InChI=1S/C11H16N2O/c1-3-13-11(9-5-4-6-9)7-10(12-13)8(2)14/h7,9H,3-6H2,1-2H3. The number of hydrogen-bond acceptors (Lipinski definition) is 2. The third-order valence-corrected chi connectivity index (χ3v) is 2.99. The summed E-state index contributed by atoms with van der Waals surface area (Å²) in [5.41, 5.74) is 1.87. The number of aromatic nitrogens is 2. The van der Waals surface area contributed by atoms with E-state index >= 15 is 0 Å². The van der Waals surface area contributed by atoms with E-state index in [2.05, 4.69) is 12.0 Å². The summed E-state index contributed by atoms with van der Waals surface area (Å²) in [7, 11) is 0. The minimum atomic E-state index is 0.0674. The van der Waals surface area contributed by atoms with Crippen LogP contribution in [0.4, 0.5) is 0 Å². The summed E-state index contributed by atoms with van der Waals surface area (Å²) in [6, 6.07) is 1.97. The summed E-state index contributed by atoms with van der Waals surface area (Å²) in [4.78, 5) is 11.2. The maximum absolute atomic E-state index is 11.2. The highest BCUT2D eigenvalue weighted by atomic mass is 16.1. The van der Waals surface area contributed by atoms with E-state index in [-0.39, 0.29) is 5.78 Å². The minimum absolute atomic E-state index is 0.0674. The largest absolute Gasteiger partial charge is 0.293 e. The third-order valence-electron chi connectivity index (χ3n) is 2.99. The second-order valence-electron chi connectivity index (χ2n) is 3.95. The zero-order valence-corrected chi connectivity index (χ0v) is 8.79. The predicted molar refractivity (Wildman–Crippen MR) is 54.5 cm³/mol. The molecule has 0 radical (unpaired) electrons. The van der Waals surface area contributed by atoms with Gasteiger partial charge in [0.25, 0.3) is 0 Å². The second-order valence-corrected chi connectivity index (χ2v) is 3.95. The van der Waals surface area contributed by atoms with Crippen LogP contribution in [0.15, 0.2) is 6.07 Å². The van der Waals surface area contributed by atoms with E-state index in [1.165, 1.54) is 25.0 Å². The van der Waals surface area contributed by atoms with Gasteiger partial charge in [0.05, 0.1) is 0 Å². The molecule has 1 fully saturated rings. The molecular weight excluding hydrogens is 176 g/mol. The predicted octanol–water partition coefficient (Wildman–Crippen LogP) is 2.37. The first-order valence-electron chi connectivity index (χ1n) is 5.31. The first-order valence-corrected chi connectivity index (χ1v) is 5.31. The van der Waals surface area contributed by atoms with Crippen LogP contribution < -0.4 is 0 Å². The van der Waals surface area contributed by atoms with Gasteiger partial charge in [-0.05, 0) is 25.8 Å². The quantitative estimate of drug-likeness (QED) is 0.689. The van der Waals surface area contributed by atoms with Crippen LogP contribution in [0.25, 0.3) is 0 Å². The number of nitrogens with zero attached hydrogens (tertiary/aromatic N) is 2. The molecule has 1 heterocycles. The van der Waals surface area contributed by atoms with Gasteiger partial charge in [-0.2, -0.15) is 5.10 Å². The van der Waals surface area contributed by atoms with Crippen molar-refractivity contribution in [3.8, 4) is 0 Å². The minimum Gasteiger partial charge on any atom is -0.293 e. The van der Waals surface area contributed by atoms with Gasteiger partial charge in [-0.1, -0.05) is 6.42 Å². The fourth-order valence-electron chi connectivity index (χ4n) is 1.89. The Balaban J connectivity index is 2.31. The maximum Gasteiger partial charge on any atom is 0.179 e. The monoisotopic (exact) mass is 192 g/mol. The summed E-state index contributed by atoms with van der Waals surface area (Å²) < 4.78 is 1.97. The van der Waals surface area contributed by atoms with Crippen molar-refractivity contribution in [3.63, 3.8) is 0 Å². The van der Waals surface area contributed by atoms with Crippen molar-refractivity contribution < 1.29 is 4.79 Å². The molecule has 76 valence electrons. The van der Waals surface area contributed by atoms with Crippen molar-refractivity contribution in [3.05, 3.63) is 17.5 Å². The van der Waals surface area contributed by atoms with Gasteiger partial charge in [0.2, 0.25) is 0 Å². The van der Waals surface area contributed by atoms with Gasteiger partial charge in [-0.25, -0.2) is 0 Å². The second kappa shape index (κ2) is 3.56. The zero-order chi connectivity index (χ0) is 10.1. The Kier molecular flexibility index (Phi) is 2.40. The van der Waals surface area contributed by atoms with E-state index in [0.29, 0.717) is 11.6 Å². The summed E-state index contributed by atoms with van der Waals surface area (Å²) in [5, 5.41) is 4.30. The number of rotatable bonds is 3. The molecule has 0 aliphatic heterocycles. The molecule has 0 N–H and O–H groups in total. The van der Waals surface area contributed by atoms with E-state index < -0.39 is 0 Å². The lowest BCUT2D eigenvalue weighted by molar-refractivity contribution is 0.101. The lowest BCUT2D eigenvalue weighted by Gasteiger charge is -2.25. The topological polar surface area (TPSA) is 34.9 Å². The summed E-state index contributed by atoms with van der Waals surface area (Å²) in [6.07, 6.45) is 3.82. The summed E-state index contributed by atoms with van der Waals surface area (Å²) in [5.74, 6) is 0.716. The molecule has 3 heteroatoms. The number of hydrogen-bond donors (Lipinski definition) is 0. The van der Waals surface area contributed by atoms with E-state index in [1.54, 1.807) is 6.92 Å². The number of aryl methyl sites for hydroxylation is 1. The van der Waals surface area contributed by atoms with Gasteiger partial charge < -0.3 is 0 Å². The molecule has 2 rings (SSSR count). The lowest BCUT2D eigenvalue weighted by atomic mass is 9.83. The molecule has 1 saturated carbocycles. The van der Waals surface area contributed by atoms with Crippen LogP contribution in [0.3, 0.4) is 0 Å². The Labute approximate surface area is 84.1 Å². The molecule has 1 aliphatic rings. The molecule has 0 aromatic carbocycles. The molecule has 1 aromatic rings. The van der Waals surface area contributed by atoms with E-state index in [1.807, 2.05) is 10.7 Å². The van der Waals surface area contributed by atoms with Gasteiger partial charge in [-0.3, -0.25) is 9.48 Å². The van der Waals surface area contributed by atoms with Crippen LogP contribution in [0.5, 0.6) is 0 Å². The average Bonchev–Trinajstić information content (AvgIpc) is 2.45. The lowest BCUT2D eigenvalue weighted by Crippen LogP contribution is -2.14. The normalized spacial score (nSPS) is 16.7. The number of ketones is 1. The smallest absolute Gasteiger partial charge is 0.179 e. The fraction of sp³-hybridized carbons (Fsp3) is 0.636. The number of Topliss-reactive ketones (excluding diaryl/α,β-unsaturated/α-hetero) is 1. The van der Waals surface area contributed by atoms with Crippen molar-refractivity contribution in [1.29, 1.82) is 0 Å². The van der Waals surface area contributed by atoms with Crippen LogP contribution in [0.1, 0.15) is 55.2 Å². The highest BCUT2D eigenvalue weighted by Crippen LogP contribution is 2.36. The summed E-state index contributed by atoms with van der Waals surface area (Å²) >= 11 is 0. The maximum atomic E-state index is 11.2. The Morgan fingerprint density at radius 2 is 2.36 bits per heavy atom. The van der Waals surface area contributed by atoms with Crippen LogP contribution in [-0.2, 0) is 6.54 Å². The molecule has 3 nitrogen and oxygen atoms in total. The van der Waals surface area contributed by atoms with Crippen molar-refractivity contribution in [2.45, 2.75) is 45.6 Å². The van der Waals surface area contributed by atoms with Crippen LogP contribution in [0, 0.1) is 0 Å². The van der Waals surface area contributed by atoms with Crippen molar-refractivity contribution in [2.75, 3.05) is 0 Å². The fourth-order valence-corrected chi connectivity index (χ4v) is 1.89. The SMILES string of the molecule is CCn1nc(C(C)=O)cc1C1CCC1. The molecular formula is C11H16N2O. The zero-order valence-electron chi connectivity index (χ0n) is 8.79. The first-order chi connectivity index (χ1) is 6.72. The molecule has 0 amide bonds. The van der Waals surface area contributed by atoms with Crippen LogP contribution >= 0.6 is 0 Å². The molecule has 0 unspecified atom stereocenters. The molecule has 0 spiro atoms. The number of carbonyl (C=O) groups is 1. The van der Waals surface area contributed by atoms with E-state index in [4.69, 9.17) is 0 Å². The van der Waals surface area contributed by atoms with Gasteiger partial charge >= 0.3 is 0 Å². The Hall–Kier alpha value is -1.12. The van der Waals surface area contributed by atoms with Crippen molar-refractivity contribution >= 4 is 5.78 Å². The molecule has 0 bridgehead atoms. The highest BCUT2D eigenvalue weighted by Gasteiger charge is 2.24. The van der Waals surface area contributed by atoms with Gasteiger partial charge in [0.1, 0.15) is 5.69 Å². The van der Waals surface area contributed by atoms with Crippen molar-refractivity contribution in [1.82, 2.24) is 9.78 Å². The molecule has 1 aliphatic carbocycles. The van der Waals surface area contributed by atoms with Crippen LogP contribution in [0.2, 0.25) is 0 Å². The van der Waals surface area contributed by atoms with Gasteiger partial charge in [0.15, 0.2) is 5.78 Å². The summed E-state index contributed by atoms with van der Waals surface area (Å²) in [6.45, 7) is 4.51. The average molecular weight is 192 g/mol. The molecule has 0 atom stereocenters. The Bertz CT molecular complexity index is 350. The third kappa shape index (κ3) is 1.47. The first kappa shape index (κ1) is 9.44. The highest BCUT2D eigenvalue weighted by molar-refractivity contribution is 5.92. The van der Waals surface area contributed by atoms with E-state index in [0.717, 1.165) is 6.54 Å². The Morgan fingerprint density at radius 1 is 1.64 bits per heavy atom. The van der Waals surface area contributed by atoms with Gasteiger partial charge in [0, 0.05) is 25.1 Å². The molecule has 14 heavy (non-hydrogen) atoms. The van der Waals surface area contributed by atoms with E-state index in [9.17, 15) is 4.79 Å². The molecule has 0 saturated heterocycles. The van der Waals surface area contributed by atoms with Crippen LogP contribution in [-0.4, -0.2) is 15.6 Å². The van der Waals surface area contributed by atoms with Gasteiger partial charge in [-0.15, -0.1) is 0 Å². The van der Waals surface area contributed by atoms with Crippen molar-refractivity contribution in [2.24, 2.45) is 0 Å².